The van der Waals surface area contributed by atoms with Gasteiger partial charge in [-0.2, -0.15) is 0 Å². The fourth-order valence-electron chi connectivity index (χ4n) is 3.03. The highest BCUT2D eigenvalue weighted by Gasteiger charge is 2.20. The third kappa shape index (κ3) is 2.60. The van der Waals surface area contributed by atoms with Crippen LogP contribution in [0.2, 0.25) is 0 Å². The normalized spacial score (nSPS) is 11.4. The van der Waals surface area contributed by atoms with Crippen LogP contribution in [-0.4, -0.2) is 10.8 Å². The number of hydrogen-bond donors (Lipinski definition) is 2. The van der Waals surface area contributed by atoms with Gasteiger partial charge < -0.3 is 15.7 Å². The summed E-state index contributed by atoms with van der Waals surface area (Å²) >= 11 is 2.35. The zero-order valence-corrected chi connectivity index (χ0v) is 16.0. The molecule has 3 rings (SSSR count). The maximum absolute atomic E-state index is 13.7. The molecule has 0 saturated carbocycles. The Labute approximate surface area is 154 Å². The minimum Gasteiger partial charge on any atom is -0.398 e. The van der Waals surface area contributed by atoms with Gasteiger partial charge in [-0.05, 0) is 71.3 Å². The summed E-state index contributed by atoms with van der Waals surface area (Å²) in [6, 6.07) is 9.02. The van der Waals surface area contributed by atoms with E-state index in [1.165, 1.54) is 12.3 Å². The van der Waals surface area contributed by atoms with Crippen molar-refractivity contribution in [1.82, 2.24) is 4.57 Å². The van der Waals surface area contributed by atoms with E-state index in [0.717, 1.165) is 25.9 Å². The summed E-state index contributed by atoms with van der Waals surface area (Å²) in [6.45, 7) is 6.06. The van der Waals surface area contributed by atoms with Crippen LogP contribution in [0.3, 0.4) is 0 Å². The van der Waals surface area contributed by atoms with Crippen LogP contribution >= 0.6 is 22.6 Å². The molecular formula is C19H19FIN3. The van der Waals surface area contributed by atoms with Gasteiger partial charge in [0.25, 0.3) is 0 Å². The van der Waals surface area contributed by atoms with Gasteiger partial charge in [-0.15, -0.1) is 0 Å². The molecule has 2 aromatic carbocycles. The van der Waals surface area contributed by atoms with Crippen molar-refractivity contribution in [3.05, 3.63) is 56.5 Å². The molecule has 3 nitrogen and oxygen atoms in total. The molecule has 3 aromatic rings. The van der Waals surface area contributed by atoms with Crippen molar-refractivity contribution in [3.8, 4) is 5.69 Å². The van der Waals surface area contributed by atoms with E-state index < -0.39 is 0 Å². The first kappa shape index (κ1) is 17.0. The standard InChI is InChI=1S/C19H19FIN3/c1-10(2)19-18(21)14-8-16(23)12(9-22)7-17(14)24(19)13-4-5-15(20)11(3)6-13/h4-10,22H,23H2,1-3H3. The molecule has 24 heavy (non-hydrogen) atoms. The number of nitrogen functional groups attached to an aromatic ring is 1. The molecule has 0 aliphatic carbocycles. The second-order valence-electron chi connectivity index (χ2n) is 6.27. The first-order valence-electron chi connectivity index (χ1n) is 7.75. The fourth-order valence-corrected chi connectivity index (χ4v) is 4.33. The topological polar surface area (TPSA) is 54.8 Å². The quantitative estimate of drug-likeness (QED) is 0.324. The van der Waals surface area contributed by atoms with E-state index in [9.17, 15) is 4.39 Å². The maximum Gasteiger partial charge on any atom is 0.126 e. The van der Waals surface area contributed by atoms with Crippen LogP contribution in [0.15, 0.2) is 30.3 Å². The number of hydrogen-bond acceptors (Lipinski definition) is 2. The number of fused-ring (bicyclic) bond motifs is 1. The number of aromatic nitrogens is 1. The summed E-state index contributed by atoms with van der Waals surface area (Å²) in [4.78, 5) is 0. The number of benzene rings is 2. The summed E-state index contributed by atoms with van der Waals surface area (Å²) < 4.78 is 17.0. The molecule has 3 N–H and O–H groups in total. The number of rotatable bonds is 3. The predicted molar refractivity (Wildman–Crippen MR) is 107 cm³/mol. The number of nitrogens with zero attached hydrogens (tertiary/aromatic N) is 1. The van der Waals surface area contributed by atoms with Gasteiger partial charge in [-0.1, -0.05) is 13.8 Å². The summed E-state index contributed by atoms with van der Waals surface area (Å²) in [5.74, 6) is 0.0831. The van der Waals surface area contributed by atoms with Crippen LogP contribution in [0.25, 0.3) is 16.6 Å². The Hall–Kier alpha value is -1.89. The van der Waals surface area contributed by atoms with Crippen molar-refractivity contribution in [3.63, 3.8) is 0 Å². The number of nitrogens with one attached hydrogen (secondary N) is 1. The molecule has 0 amide bonds. The summed E-state index contributed by atoms with van der Waals surface area (Å²) in [6.07, 6.45) is 1.27. The summed E-state index contributed by atoms with van der Waals surface area (Å²) in [5, 5.41) is 8.64. The second-order valence-corrected chi connectivity index (χ2v) is 7.34. The molecule has 0 unspecified atom stereocenters. The van der Waals surface area contributed by atoms with Crippen LogP contribution in [0, 0.1) is 21.7 Å². The lowest BCUT2D eigenvalue weighted by atomic mass is 10.1. The smallest absolute Gasteiger partial charge is 0.126 e. The van der Waals surface area contributed by atoms with E-state index in [-0.39, 0.29) is 5.82 Å². The van der Waals surface area contributed by atoms with Crippen LogP contribution < -0.4 is 5.73 Å². The predicted octanol–water partition coefficient (Wildman–Crippen LogP) is 5.39. The highest BCUT2D eigenvalue weighted by atomic mass is 127. The van der Waals surface area contributed by atoms with Gasteiger partial charge in [0.2, 0.25) is 0 Å². The van der Waals surface area contributed by atoms with Crippen LogP contribution in [0.4, 0.5) is 10.1 Å². The van der Waals surface area contributed by atoms with E-state index in [1.54, 1.807) is 13.0 Å². The highest BCUT2D eigenvalue weighted by Crippen LogP contribution is 2.37. The minimum atomic E-state index is -0.208. The van der Waals surface area contributed by atoms with Crippen molar-refractivity contribution in [2.45, 2.75) is 26.7 Å². The Balaban J connectivity index is 2.45. The van der Waals surface area contributed by atoms with E-state index in [2.05, 4.69) is 41.0 Å². The molecule has 0 atom stereocenters. The van der Waals surface area contributed by atoms with Gasteiger partial charge in [-0.3, -0.25) is 0 Å². The van der Waals surface area contributed by atoms with Gasteiger partial charge in [-0.25, -0.2) is 4.39 Å². The third-order valence-corrected chi connectivity index (χ3v) is 5.38. The lowest BCUT2D eigenvalue weighted by molar-refractivity contribution is 0.618. The third-order valence-electron chi connectivity index (χ3n) is 4.25. The van der Waals surface area contributed by atoms with Gasteiger partial charge in [0.15, 0.2) is 0 Å². The van der Waals surface area contributed by atoms with Gasteiger partial charge in [0, 0.05) is 37.8 Å². The molecular weight excluding hydrogens is 416 g/mol. The van der Waals surface area contributed by atoms with E-state index in [1.807, 2.05) is 18.2 Å². The van der Waals surface area contributed by atoms with Crippen molar-refractivity contribution in [1.29, 1.82) is 5.41 Å². The Morgan fingerprint density at radius 1 is 1.25 bits per heavy atom. The average molecular weight is 435 g/mol. The van der Waals surface area contributed by atoms with Crippen molar-refractivity contribution in [2.24, 2.45) is 0 Å². The van der Waals surface area contributed by atoms with Crippen LogP contribution in [0.5, 0.6) is 0 Å². The van der Waals surface area contributed by atoms with Gasteiger partial charge >= 0.3 is 0 Å². The van der Waals surface area contributed by atoms with Crippen molar-refractivity contribution >= 4 is 45.4 Å². The monoisotopic (exact) mass is 435 g/mol. The zero-order chi connectivity index (χ0) is 17.6. The molecule has 124 valence electrons. The van der Waals surface area contributed by atoms with Crippen LogP contribution in [-0.2, 0) is 0 Å². The first-order chi connectivity index (χ1) is 11.3. The minimum absolute atomic E-state index is 0.208. The molecule has 0 aliphatic heterocycles. The number of nitrogens with two attached hydrogens (primary N) is 1. The fraction of sp³-hybridized carbons (Fsp3) is 0.211. The second kappa shape index (κ2) is 6.20. The lowest BCUT2D eigenvalue weighted by Crippen LogP contribution is -2.04. The van der Waals surface area contributed by atoms with Crippen molar-refractivity contribution < 1.29 is 4.39 Å². The average Bonchev–Trinajstić information content (AvgIpc) is 2.82. The molecule has 0 spiro atoms. The van der Waals surface area contributed by atoms with E-state index in [0.29, 0.717) is 22.7 Å². The Bertz CT molecular complexity index is 957. The highest BCUT2D eigenvalue weighted by molar-refractivity contribution is 14.1. The SMILES string of the molecule is Cc1cc(-n2c(C(C)C)c(I)c3cc(N)c(C=N)cc32)ccc1F. The molecule has 0 bridgehead atoms. The van der Waals surface area contributed by atoms with E-state index in [4.69, 9.17) is 11.1 Å². The number of halogens is 2. The molecule has 0 radical (unpaired) electrons. The number of anilines is 1. The Morgan fingerprint density at radius 2 is 1.96 bits per heavy atom. The molecule has 0 aliphatic rings. The molecule has 0 fully saturated rings. The Morgan fingerprint density at radius 3 is 2.54 bits per heavy atom. The van der Waals surface area contributed by atoms with Gasteiger partial charge in [0.1, 0.15) is 5.82 Å². The zero-order valence-electron chi connectivity index (χ0n) is 13.8. The van der Waals surface area contributed by atoms with Gasteiger partial charge in [0.05, 0.1) is 5.52 Å². The largest absolute Gasteiger partial charge is 0.398 e. The van der Waals surface area contributed by atoms with Crippen LogP contribution in [0.1, 0.15) is 36.6 Å². The maximum atomic E-state index is 13.7. The molecule has 1 aromatic heterocycles. The molecule has 1 heterocycles. The summed E-state index contributed by atoms with van der Waals surface area (Å²) in [7, 11) is 0. The molecule has 0 saturated heterocycles. The first-order valence-corrected chi connectivity index (χ1v) is 8.83. The summed E-state index contributed by atoms with van der Waals surface area (Å²) in [5.41, 5.74) is 11.0. The number of aryl methyl sites for hydroxylation is 1. The van der Waals surface area contributed by atoms with E-state index >= 15 is 0 Å². The molecule has 5 heteroatoms. The Kier molecular flexibility index (Phi) is 4.38. The van der Waals surface area contributed by atoms with Crippen molar-refractivity contribution in [2.75, 3.05) is 5.73 Å². The lowest BCUT2D eigenvalue weighted by Gasteiger charge is -2.15.